The van der Waals surface area contributed by atoms with Gasteiger partial charge in [0.05, 0.1) is 6.10 Å². The molecular formula is C17H22N2O6. The fourth-order valence-corrected chi connectivity index (χ4v) is 2.70. The van der Waals surface area contributed by atoms with Crippen molar-refractivity contribution < 1.29 is 29.3 Å². The summed E-state index contributed by atoms with van der Waals surface area (Å²) in [6, 6.07) is 6.93. The Morgan fingerprint density at radius 3 is 2.60 bits per heavy atom. The summed E-state index contributed by atoms with van der Waals surface area (Å²) in [7, 11) is 0. The number of carboxylic acid groups (broad SMARTS) is 1. The minimum atomic E-state index is -1.42. The van der Waals surface area contributed by atoms with E-state index >= 15 is 0 Å². The second-order valence-corrected chi connectivity index (χ2v) is 5.96. The number of hydrogen-bond donors (Lipinski definition) is 3. The summed E-state index contributed by atoms with van der Waals surface area (Å²) < 4.78 is 5.23. The Hall–Kier alpha value is -2.61. The van der Waals surface area contributed by atoms with Crippen molar-refractivity contribution in [2.75, 3.05) is 6.54 Å². The van der Waals surface area contributed by atoms with Gasteiger partial charge >= 0.3 is 12.1 Å². The molecule has 3 N–H and O–H groups in total. The van der Waals surface area contributed by atoms with Crippen molar-refractivity contribution >= 4 is 18.0 Å². The van der Waals surface area contributed by atoms with Crippen molar-refractivity contribution in [3.05, 3.63) is 35.9 Å². The standard InChI is InChI=1S/C17H22N2O6/c1-11(20)14(16(22)23)18-15(21)13-8-5-9-19(13)17(24)25-10-12-6-3-2-4-7-12/h2-4,6-7,11,13-14,20H,5,8-10H2,1H3,(H,18,21)(H,22,23)/t11-,13+,14+/m1/s1. The number of rotatable bonds is 6. The molecule has 1 aromatic rings. The highest BCUT2D eigenvalue weighted by atomic mass is 16.6. The van der Waals surface area contributed by atoms with Gasteiger partial charge < -0.3 is 20.3 Å². The molecule has 1 saturated heterocycles. The van der Waals surface area contributed by atoms with Gasteiger partial charge in [0.25, 0.3) is 0 Å². The molecule has 0 saturated carbocycles. The molecule has 1 aliphatic heterocycles. The Balaban J connectivity index is 1.95. The number of amides is 2. The van der Waals surface area contributed by atoms with E-state index in [2.05, 4.69) is 5.32 Å². The largest absolute Gasteiger partial charge is 0.480 e. The number of carboxylic acids is 1. The maximum Gasteiger partial charge on any atom is 0.410 e. The molecular weight excluding hydrogens is 328 g/mol. The molecule has 8 heteroatoms. The van der Waals surface area contributed by atoms with Crippen molar-refractivity contribution in [2.24, 2.45) is 0 Å². The van der Waals surface area contributed by atoms with E-state index in [1.165, 1.54) is 11.8 Å². The highest BCUT2D eigenvalue weighted by molar-refractivity contribution is 5.89. The van der Waals surface area contributed by atoms with Crippen LogP contribution in [-0.2, 0) is 20.9 Å². The van der Waals surface area contributed by atoms with E-state index in [-0.39, 0.29) is 6.61 Å². The van der Waals surface area contributed by atoms with Crippen LogP contribution >= 0.6 is 0 Å². The Bertz CT molecular complexity index is 619. The number of carbonyl (C=O) groups is 3. The molecule has 0 spiro atoms. The number of carbonyl (C=O) groups excluding carboxylic acids is 2. The Labute approximate surface area is 145 Å². The Kier molecular flexibility index (Phi) is 6.35. The quantitative estimate of drug-likeness (QED) is 0.697. The molecule has 0 aliphatic carbocycles. The molecule has 0 aromatic heterocycles. The fourth-order valence-electron chi connectivity index (χ4n) is 2.70. The van der Waals surface area contributed by atoms with Crippen LogP contribution in [0.15, 0.2) is 30.3 Å². The van der Waals surface area contributed by atoms with Gasteiger partial charge in [0.2, 0.25) is 5.91 Å². The van der Waals surface area contributed by atoms with Crippen LogP contribution in [0.5, 0.6) is 0 Å². The molecule has 1 aliphatic rings. The second kappa shape index (κ2) is 8.48. The SMILES string of the molecule is C[C@@H](O)[C@H](NC(=O)[C@@H]1CCCN1C(=O)OCc1ccccc1)C(=O)O. The van der Waals surface area contributed by atoms with Crippen LogP contribution in [-0.4, -0.2) is 57.8 Å². The highest BCUT2D eigenvalue weighted by Gasteiger charge is 2.37. The zero-order chi connectivity index (χ0) is 18.4. The van der Waals surface area contributed by atoms with E-state index < -0.39 is 36.2 Å². The van der Waals surface area contributed by atoms with Crippen LogP contribution in [0.4, 0.5) is 4.79 Å². The summed E-state index contributed by atoms with van der Waals surface area (Å²) in [4.78, 5) is 36.9. The minimum Gasteiger partial charge on any atom is -0.480 e. The summed E-state index contributed by atoms with van der Waals surface area (Å²) in [6.07, 6.45) is -0.838. The minimum absolute atomic E-state index is 0.0932. The van der Waals surface area contributed by atoms with Crippen LogP contribution in [0.3, 0.4) is 0 Å². The first-order valence-electron chi connectivity index (χ1n) is 8.08. The molecule has 3 atom stereocenters. The molecule has 1 heterocycles. The molecule has 1 fully saturated rings. The summed E-state index contributed by atoms with van der Waals surface area (Å²) in [5.74, 6) is -1.94. The molecule has 2 amide bonds. The number of ether oxygens (including phenoxy) is 1. The second-order valence-electron chi connectivity index (χ2n) is 5.96. The van der Waals surface area contributed by atoms with Gasteiger partial charge in [-0.3, -0.25) is 9.69 Å². The fraction of sp³-hybridized carbons (Fsp3) is 0.471. The van der Waals surface area contributed by atoms with Crippen molar-refractivity contribution in [3.8, 4) is 0 Å². The first-order valence-corrected chi connectivity index (χ1v) is 8.08. The lowest BCUT2D eigenvalue weighted by molar-refractivity contribution is -0.145. The van der Waals surface area contributed by atoms with Gasteiger partial charge in [-0.1, -0.05) is 30.3 Å². The van der Waals surface area contributed by atoms with Gasteiger partial charge in [-0.2, -0.15) is 0 Å². The van der Waals surface area contributed by atoms with Crippen molar-refractivity contribution in [1.82, 2.24) is 10.2 Å². The van der Waals surface area contributed by atoms with E-state index in [4.69, 9.17) is 9.84 Å². The maximum absolute atomic E-state index is 12.3. The lowest BCUT2D eigenvalue weighted by Crippen LogP contribution is -2.54. The molecule has 8 nitrogen and oxygen atoms in total. The molecule has 136 valence electrons. The lowest BCUT2D eigenvalue weighted by atomic mass is 10.1. The highest BCUT2D eigenvalue weighted by Crippen LogP contribution is 2.19. The van der Waals surface area contributed by atoms with Crippen LogP contribution in [0.25, 0.3) is 0 Å². The Morgan fingerprint density at radius 1 is 1.32 bits per heavy atom. The molecule has 0 bridgehead atoms. The van der Waals surface area contributed by atoms with Crippen LogP contribution < -0.4 is 5.32 Å². The summed E-state index contributed by atoms with van der Waals surface area (Å²) in [5.41, 5.74) is 0.830. The van der Waals surface area contributed by atoms with E-state index in [1.54, 1.807) is 0 Å². The number of nitrogens with one attached hydrogen (secondary N) is 1. The predicted octanol–water partition coefficient (Wildman–Crippen LogP) is 0.738. The lowest BCUT2D eigenvalue weighted by Gasteiger charge is -2.25. The number of hydrogen-bond acceptors (Lipinski definition) is 5. The van der Waals surface area contributed by atoms with E-state index in [9.17, 15) is 19.5 Å². The van der Waals surface area contributed by atoms with E-state index in [0.717, 1.165) is 5.56 Å². The molecule has 0 radical (unpaired) electrons. The number of benzene rings is 1. The van der Waals surface area contributed by atoms with Gasteiger partial charge in [-0.15, -0.1) is 0 Å². The van der Waals surface area contributed by atoms with Gasteiger partial charge in [0, 0.05) is 6.54 Å². The molecule has 2 rings (SSSR count). The maximum atomic E-state index is 12.3. The van der Waals surface area contributed by atoms with Crippen molar-refractivity contribution in [2.45, 2.75) is 44.6 Å². The monoisotopic (exact) mass is 350 g/mol. The molecule has 25 heavy (non-hydrogen) atoms. The number of aliphatic carboxylic acids is 1. The van der Waals surface area contributed by atoms with E-state index in [0.29, 0.717) is 19.4 Å². The third-order valence-electron chi connectivity index (χ3n) is 4.04. The third-order valence-corrected chi connectivity index (χ3v) is 4.04. The Morgan fingerprint density at radius 2 is 2.00 bits per heavy atom. The topological polar surface area (TPSA) is 116 Å². The average Bonchev–Trinajstić information content (AvgIpc) is 3.07. The van der Waals surface area contributed by atoms with E-state index in [1.807, 2.05) is 30.3 Å². The van der Waals surface area contributed by atoms with Gasteiger partial charge in [-0.25, -0.2) is 9.59 Å². The van der Waals surface area contributed by atoms with Crippen LogP contribution in [0, 0.1) is 0 Å². The smallest absolute Gasteiger partial charge is 0.410 e. The number of likely N-dealkylation sites (tertiary alicyclic amines) is 1. The summed E-state index contributed by atoms with van der Waals surface area (Å²) in [6.45, 7) is 1.73. The molecule has 0 unspecified atom stereocenters. The summed E-state index contributed by atoms with van der Waals surface area (Å²) in [5, 5.41) is 20.8. The zero-order valence-electron chi connectivity index (χ0n) is 13.9. The molecule has 1 aromatic carbocycles. The average molecular weight is 350 g/mol. The van der Waals surface area contributed by atoms with Crippen molar-refractivity contribution in [3.63, 3.8) is 0 Å². The number of aliphatic hydroxyl groups excluding tert-OH is 1. The number of nitrogens with zero attached hydrogens (tertiary/aromatic N) is 1. The number of aliphatic hydroxyl groups is 1. The van der Waals surface area contributed by atoms with Gasteiger partial charge in [-0.05, 0) is 25.3 Å². The van der Waals surface area contributed by atoms with Gasteiger partial charge in [0.15, 0.2) is 6.04 Å². The summed E-state index contributed by atoms with van der Waals surface area (Å²) >= 11 is 0. The van der Waals surface area contributed by atoms with Crippen molar-refractivity contribution in [1.29, 1.82) is 0 Å². The first kappa shape index (κ1) is 18.7. The normalized spacial score (nSPS) is 19.1. The van der Waals surface area contributed by atoms with Crippen LogP contribution in [0.1, 0.15) is 25.3 Å². The zero-order valence-corrected chi connectivity index (χ0v) is 13.9. The van der Waals surface area contributed by atoms with Gasteiger partial charge in [0.1, 0.15) is 12.6 Å². The predicted molar refractivity (Wildman–Crippen MR) is 87.6 cm³/mol. The third kappa shape index (κ3) is 4.93. The first-order chi connectivity index (χ1) is 11.9. The van der Waals surface area contributed by atoms with Crippen LogP contribution in [0.2, 0.25) is 0 Å².